The van der Waals surface area contributed by atoms with Crippen molar-refractivity contribution in [2.24, 2.45) is 0 Å². The van der Waals surface area contributed by atoms with Gasteiger partial charge in [-0.1, -0.05) is 49.2 Å². The Balaban J connectivity index is 1.16. The molecule has 1 aromatic carbocycles. The lowest BCUT2D eigenvalue weighted by Gasteiger charge is -2.32. The Morgan fingerprint density at radius 2 is 1.65 bits per heavy atom. The van der Waals surface area contributed by atoms with Crippen LogP contribution in [0.25, 0.3) is 0 Å². The summed E-state index contributed by atoms with van der Waals surface area (Å²) in [4.78, 5) is 21.8. The van der Waals surface area contributed by atoms with Crippen molar-refractivity contribution in [3.05, 3.63) is 59.8 Å². The van der Waals surface area contributed by atoms with Crippen LogP contribution in [0, 0.1) is 0 Å². The summed E-state index contributed by atoms with van der Waals surface area (Å²) in [6, 6.07) is 14.9. The number of likely N-dealkylation sites (tertiary alicyclic amines) is 1. The quantitative estimate of drug-likeness (QED) is 0.742. The average Bonchev–Trinajstić information content (AvgIpc) is 3.10. The van der Waals surface area contributed by atoms with E-state index < -0.39 is 0 Å². The molecule has 2 fully saturated rings. The fraction of sp³-hybridized carbons (Fsp3) is 0.520. The normalized spacial score (nSPS) is 18.4. The standard InChI is InChI=1S/C25H35N5O/c31-25(28-23-12-16-29(17-13-23)20-21-8-4-3-5-9-21)27-19-22-10-11-24(26-18-22)30-14-6-1-2-7-15-30/h3-5,8-11,18,23H,1-2,6-7,12-17,19-20H2,(H2,27,28,31). The summed E-state index contributed by atoms with van der Waals surface area (Å²) < 4.78 is 0. The van der Waals surface area contributed by atoms with Crippen LogP contribution in [0.5, 0.6) is 0 Å². The van der Waals surface area contributed by atoms with Gasteiger partial charge in [-0.25, -0.2) is 9.78 Å². The maximum absolute atomic E-state index is 12.3. The molecule has 2 aliphatic rings. The van der Waals surface area contributed by atoms with Gasteiger partial charge in [0.1, 0.15) is 5.82 Å². The van der Waals surface area contributed by atoms with Crippen LogP contribution >= 0.6 is 0 Å². The molecule has 0 radical (unpaired) electrons. The number of rotatable bonds is 6. The van der Waals surface area contributed by atoms with Gasteiger partial charge in [0.05, 0.1) is 0 Å². The molecule has 0 atom stereocenters. The Labute approximate surface area is 186 Å². The van der Waals surface area contributed by atoms with Crippen LogP contribution in [0.2, 0.25) is 0 Å². The minimum atomic E-state index is -0.0851. The first-order valence-corrected chi connectivity index (χ1v) is 11.8. The zero-order valence-electron chi connectivity index (χ0n) is 18.4. The van der Waals surface area contributed by atoms with Crippen LogP contribution < -0.4 is 15.5 Å². The molecule has 0 spiro atoms. The number of carbonyl (C=O) groups is 1. The van der Waals surface area contributed by atoms with Gasteiger partial charge in [-0.15, -0.1) is 0 Å². The Morgan fingerprint density at radius 1 is 0.903 bits per heavy atom. The second-order valence-corrected chi connectivity index (χ2v) is 8.79. The molecule has 2 amide bonds. The molecule has 2 saturated heterocycles. The van der Waals surface area contributed by atoms with Crippen LogP contribution in [-0.2, 0) is 13.1 Å². The monoisotopic (exact) mass is 421 g/mol. The third-order valence-electron chi connectivity index (χ3n) is 6.36. The smallest absolute Gasteiger partial charge is 0.315 e. The number of benzene rings is 1. The SMILES string of the molecule is O=C(NCc1ccc(N2CCCCCC2)nc1)NC1CCN(Cc2ccccc2)CC1. The zero-order chi connectivity index (χ0) is 21.3. The van der Waals surface area contributed by atoms with Crippen molar-refractivity contribution in [1.29, 1.82) is 0 Å². The fourth-order valence-corrected chi connectivity index (χ4v) is 4.50. The van der Waals surface area contributed by atoms with E-state index >= 15 is 0 Å². The van der Waals surface area contributed by atoms with Crippen molar-refractivity contribution in [3.63, 3.8) is 0 Å². The molecule has 2 N–H and O–H groups in total. The van der Waals surface area contributed by atoms with Crippen LogP contribution in [0.15, 0.2) is 48.7 Å². The molecule has 0 unspecified atom stereocenters. The molecular weight excluding hydrogens is 386 g/mol. The van der Waals surface area contributed by atoms with Crippen molar-refractivity contribution in [2.75, 3.05) is 31.1 Å². The first kappa shape index (κ1) is 21.6. The molecular formula is C25H35N5O. The highest BCUT2D eigenvalue weighted by molar-refractivity contribution is 5.74. The van der Waals surface area contributed by atoms with E-state index in [1.807, 2.05) is 6.20 Å². The zero-order valence-corrected chi connectivity index (χ0v) is 18.4. The predicted molar refractivity (Wildman–Crippen MR) is 125 cm³/mol. The predicted octanol–water partition coefficient (Wildman–Crippen LogP) is 3.93. The van der Waals surface area contributed by atoms with Crippen molar-refractivity contribution in [3.8, 4) is 0 Å². The largest absolute Gasteiger partial charge is 0.357 e. The fourth-order valence-electron chi connectivity index (χ4n) is 4.50. The second kappa shape index (κ2) is 11.1. The van der Waals surface area contributed by atoms with Crippen molar-refractivity contribution < 1.29 is 4.79 Å². The molecule has 4 rings (SSSR count). The van der Waals surface area contributed by atoms with Crippen molar-refractivity contribution >= 4 is 11.8 Å². The van der Waals surface area contributed by atoms with Crippen molar-refractivity contribution in [2.45, 2.75) is 57.7 Å². The van der Waals surface area contributed by atoms with Gasteiger partial charge in [-0.3, -0.25) is 4.90 Å². The highest BCUT2D eigenvalue weighted by Gasteiger charge is 2.20. The summed E-state index contributed by atoms with van der Waals surface area (Å²) >= 11 is 0. The first-order valence-electron chi connectivity index (χ1n) is 11.8. The minimum Gasteiger partial charge on any atom is -0.357 e. The van der Waals surface area contributed by atoms with E-state index in [1.54, 1.807) is 0 Å². The van der Waals surface area contributed by atoms with E-state index in [-0.39, 0.29) is 12.1 Å². The Hall–Kier alpha value is -2.60. The van der Waals surface area contributed by atoms with E-state index in [0.29, 0.717) is 6.54 Å². The van der Waals surface area contributed by atoms with Crippen LogP contribution in [0.4, 0.5) is 10.6 Å². The maximum Gasteiger partial charge on any atom is 0.315 e. The molecule has 1 aromatic heterocycles. The Morgan fingerprint density at radius 3 is 2.32 bits per heavy atom. The molecule has 6 heteroatoms. The van der Waals surface area contributed by atoms with Gasteiger partial charge in [0, 0.05) is 51.5 Å². The molecule has 2 aromatic rings. The summed E-state index contributed by atoms with van der Waals surface area (Å²) in [5.74, 6) is 1.05. The van der Waals surface area contributed by atoms with Gasteiger partial charge in [0.25, 0.3) is 0 Å². The third kappa shape index (κ3) is 6.69. The van der Waals surface area contributed by atoms with Crippen LogP contribution in [0.3, 0.4) is 0 Å². The highest BCUT2D eigenvalue weighted by atomic mass is 16.2. The van der Waals surface area contributed by atoms with E-state index in [9.17, 15) is 4.79 Å². The number of piperidine rings is 1. The lowest BCUT2D eigenvalue weighted by Crippen LogP contribution is -2.47. The number of aromatic nitrogens is 1. The molecule has 31 heavy (non-hydrogen) atoms. The van der Waals surface area contributed by atoms with Gasteiger partial charge < -0.3 is 15.5 Å². The summed E-state index contributed by atoms with van der Waals surface area (Å²) in [7, 11) is 0. The number of urea groups is 1. The number of anilines is 1. The van der Waals surface area contributed by atoms with Gasteiger partial charge in [0.2, 0.25) is 0 Å². The van der Waals surface area contributed by atoms with E-state index in [0.717, 1.165) is 56.9 Å². The minimum absolute atomic E-state index is 0.0851. The second-order valence-electron chi connectivity index (χ2n) is 8.79. The molecule has 0 bridgehead atoms. The Bertz CT molecular complexity index is 794. The number of nitrogens with one attached hydrogen (secondary N) is 2. The van der Waals surface area contributed by atoms with Gasteiger partial charge >= 0.3 is 6.03 Å². The van der Waals surface area contributed by atoms with Crippen LogP contribution in [-0.4, -0.2) is 48.1 Å². The van der Waals surface area contributed by atoms with E-state index in [4.69, 9.17) is 0 Å². The lowest BCUT2D eigenvalue weighted by atomic mass is 10.0. The summed E-state index contributed by atoms with van der Waals surface area (Å²) in [5.41, 5.74) is 2.38. The summed E-state index contributed by atoms with van der Waals surface area (Å²) in [6.07, 6.45) is 9.01. The summed E-state index contributed by atoms with van der Waals surface area (Å²) in [5, 5.41) is 6.13. The first-order chi connectivity index (χ1) is 15.3. The molecule has 0 aliphatic carbocycles. The molecule has 3 heterocycles. The maximum atomic E-state index is 12.3. The number of hydrogen-bond donors (Lipinski definition) is 2. The highest BCUT2D eigenvalue weighted by Crippen LogP contribution is 2.17. The molecule has 166 valence electrons. The van der Waals surface area contributed by atoms with Gasteiger partial charge in [-0.2, -0.15) is 0 Å². The summed E-state index contributed by atoms with van der Waals surface area (Å²) in [6.45, 7) is 5.71. The van der Waals surface area contributed by atoms with Crippen molar-refractivity contribution in [1.82, 2.24) is 20.5 Å². The topological polar surface area (TPSA) is 60.5 Å². The number of hydrogen-bond acceptors (Lipinski definition) is 4. The van der Waals surface area contributed by atoms with E-state index in [2.05, 4.69) is 67.9 Å². The average molecular weight is 422 g/mol. The third-order valence-corrected chi connectivity index (χ3v) is 6.36. The molecule has 2 aliphatic heterocycles. The lowest BCUT2D eigenvalue weighted by molar-refractivity contribution is 0.186. The van der Waals surface area contributed by atoms with Gasteiger partial charge in [-0.05, 0) is 42.9 Å². The number of nitrogens with zero attached hydrogens (tertiary/aromatic N) is 3. The van der Waals surface area contributed by atoms with Crippen LogP contribution in [0.1, 0.15) is 49.7 Å². The number of amides is 2. The number of pyridine rings is 1. The van der Waals surface area contributed by atoms with E-state index in [1.165, 1.54) is 31.2 Å². The number of carbonyl (C=O) groups excluding carboxylic acids is 1. The van der Waals surface area contributed by atoms with Gasteiger partial charge in [0.15, 0.2) is 0 Å². The molecule has 0 saturated carbocycles. The Kier molecular flexibility index (Phi) is 7.77. The molecule has 6 nitrogen and oxygen atoms in total.